The van der Waals surface area contributed by atoms with Crippen LogP contribution in [0.5, 0.6) is 0 Å². The summed E-state index contributed by atoms with van der Waals surface area (Å²) in [4.78, 5) is 14.8. The molecule has 2 N–H and O–H groups in total. The minimum atomic E-state index is -0.989. The van der Waals surface area contributed by atoms with Crippen LogP contribution >= 0.6 is 12.4 Å². The van der Waals surface area contributed by atoms with Gasteiger partial charge in [0, 0.05) is 35.5 Å². The zero-order chi connectivity index (χ0) is 16.8. The number of nitrogens with zero attached hydrogens (tertiary/aromatic N) is 1. The van der Waals surface area contributed by atoms with Crippen molar-refractivity contribution in [3.63, 3.8) is 0 Å². The molecule has 2 atom stereocenters. The van der Waals surface area contributed by atoms with E-state index in [1.807, 2.05) is 54.6 Å². The second kappa shape index (κ2) is 9.57. The van der Waals surface area contributed by atoms with Crippen LogP contribution in [-0.4, -0.2) is 34.4 Å². The third kappa shape index (κ3) is 5.74. The average molecular weight is 367 g/mol. The maximum Gasteiger partial charge on any atom is 0.239 e. The summed E-state index contributed by atoms with van der Waals surface area (Å²) in [6.07, 6.45) is 2.17. The molecule has 0 aliphatic heterocycles. The van der Waals surface area contributed by atoms with E-state index in [1.165, 1.54) is 0 Å². The Morgan fingerprint density at radius 2 is 1.67 bits per heavy atom. The Labute approximate surface area is 151 Å². The molecular formula is C18H23ClN2O2S. The predicted octanol–water partition coefficient (Wildman–Crippen LogP) is 2.37. The third-order valence-electron chi connectivity index (χ3n) is 3.67. The number of likely N-dealkylation sites (N-methyl/N-ethyl adjacent to an activating group) is 1. The van der Waals surface area contributed by atoms with Crippen molar-refractivity contribution in [1.82, 2.24) is 4.90 Å². The van der Waals surface area contributed by atoms with Crippen molar-refractivity contribution < 1.29 is 9.00 Å². The summed E-state index contributed by atoms with van der Waals surface area (Å²) in [6.45, 7) is 0.484. The maximum atomic E-state index is 12.4. The number of nitrogens with two attached hydrogens (primary N) is 1. The van der Waals surface area contributed by atoms with Crippen LogP contribution in [0, 0.1) is 0 Å². The minimum Gasteiger partial charge on any atom is -0.340 e. The van der Waals surface area contributed by atoms with Gasteiger partial charge in [-0.3, -0.25) is 9.00 Å². The molecule has 0 fully saturated rings. The molecule has 0 aliphatic rings. The predicted molar refractivity (Wildman–Crippen MR) is 101 cm³/mol. The van der Waals surface area contributed by atoms with E-state index in [2.05, 4.69) is 0 Å². The van der Waals surface area contributed by atoms with Gasteiger partial charge in [0.1, 0.15) is 0 Å². The van der Waals surface area contributed by atoms with E-state index in [0.29, 0.717) is 13.0 Å². The van der Waals surface area contributed by atoms with Crippen molar-refractivity contribution in [3.8, 4) is 0 Å². The lowest BCUT2D eigenvalue weighted by Gasteiger charge is -2.21. The highest BCUT2D eigenvalue weighted by molar-refractivity contribution is 7.84. The van der Waals surface area contributed by atoms with Crippen molar-refractivity contribution in [2.45, 2.75) is 23.9 Å². The molecule has 2 rings (SSSR count). The lowest BCUT2D eigenvalue weighted by molar-refractivity contribution is -0.131. The van der Waals surface area contributed by atoms with Crippen molar-refractivity contribution in [2.24, 2.45) is 5.73 Å². The molecule has 130 valence electrons. The van der Waals surface area contributed by atoms with Crippen LogP contribution in [0.1, 0.15) is 11.1 Å². The molecule has 24 heavy (non-hydrogen) atoms. The Balaban J connectivity index is 0.00000288. The molecule has 0 bridgehead atoms. The quantitative estimate of drug-likeness (QED) is 0.853. The number of amides is 1. The standard InChI is InChI=1S/C18H22N2O2S.ClH/c1-20(13-15-8-10-16(11-9-15)23(2)22)18(21)17(19)12-14-6-4-3-5-7-14;/h3-11,17H,12-13,19H2,1-2H3;1H/t17-,23?;/m0./s1. The molecule has 2 aromatic carbocycles. The number of rotatable bonds is 6. The summed E-state index contributed by atoms with van der Waals surface area (Å²) in [7, 11) is 0.760. The number of benzene rings is 2. The zero-order valence-electron chi connectivity index (χ0n) is 13.8. The molecule has 1 unspecified atom stereocenters. The normalized spacial score (nSPS) is 12.8. The Morgan fingerprint density at radius 3 is 2.21 bits per heavy atom. The highest BCUT2D eigenvalue weighted by Crippen LogP contribution is 2.11. The maximum absolute atomic E-state index is 12.4. The summed E-state index contributed by atoms with van der Waals surface area (Å²) >= 11 is 0. The molecule has 0 spiro atoms. The van der Waals surface area contributed by atoms with Gasteiger partial charge in [-0.25, -0.2) is 0 Å². The first-order valence-corrected chi connectivity index (χ1v) is 9.00. The van der Waals surface area contributed by atoms with E-state index in [0.717, 1.165) is 16.0 Å². The fourth-order valence-corrected chi connectivity index (χ4v) is 2.90. The van der Waals surface area contributed by atoms with Crippen LogP contribution in [-0.2, 0) is 28.6 Å². The van der Waals surface area contributed by atoms with Gasteiger partial charge in [0.2, 0.25) is 5.91 Å². The first-order chi connectivity index (χ1) is 11.0. The smallest absolute Gasteiger partial charge is 0.239 e. The van der Waals surface area contributed by atoms with E-state index >= 15 is 0 Å². The van der Waals surface area contributed by atoms with E-state index in [-0.39, 0.29) is 18.3 Å². The van der Waals surface area contributed by atoms with Crippen LogP contribution in [0.3, 0.4) is 0 Å². The van der Waals surface area contributed by atoms with Crippen molar-refractivity contribution in [3.05, 3.63) is 65.7 Å². The monoisotopic (exact) mass is 366 g/mol. The SMILES string of the molecule is CN(Cc1ccc(S(C)=O)cc1)C(=O)[C@@H](N)Cc1ccccc1.Cl. The van der Waals surface area contributed by atoms with Gasteiger partial charge in [0.15, 0.2) is 0 Å². The fraction of sp³-hybridized carbons (Fsp3) is 0.278. The highest BCUT2D eigenvalue weighted by Gasteiger charge is 2.18. The molecule has 0 heterocycles. The largest absolute Gasteiger partial charge is 0.340 e. The van der Waals surface area contributed by atoms with Crippen LogP contribution in [0.4, 0.5) is 0 Å². The molecule has 2 aromatic rings. The van der Waals surface area contributed by atoms with Crippen molar-refractivity contribution in [1.29, 1.82) is 0 Å². The summed E-state index contributed by atoms with van der Waals surface area (Å²) in [5.74, 6) is -0.0861. The van der Waals surface area contributed by atoms with Gasteiger partial charge in [-0.2, -0.15) is 0 Å². The Morgan fingerprint density at radius 1 is 1.08 bits per heavy atom. The first-order valence-electron chi connectivity index (χ1n) is 7.44. The molecule has 1 amide bonds. The minimum absolute atomic E-state index is 0. The molecule has 0 saturated carbocycles. The fourth-order valence-electron chi connectivity index (χ4n) is 2.38. The van der Waals surface area contributed by atoms with Gasteiger partial charge < -0.3 is 10.6 Å². The number of carbonyl (C=O) groups is 1. The van der Waals surface area contributed by atoms with Gasteiger partial charge in [0.05, 0.1) is 6.04 Å². The van der Waals surface area contributed by atoms with Crippen molar-refractivity contribution >= 4 is 29.1 Å². The molecule has 0 aliphatic carbocycles. The van der Waals surface area contributed by atoms with Gasteiger partial charge in [-0.15, -0.1) is 12.4 Å². The third-order valence-corrected chi connectivity index (χ3v) is 4.60. The van der Waals surface area contributed by atoms with Crippen LogP contribution in [0.2, 0.25) is 0 Å². The Kier molecular flexibility index (Phi) is 8.11. The zero-order valence-corrected chi connectivity index (χ0v) is 15.5. The lowest BCUT2D eigenvalue weighted by Crippen LogP contribution is -2.42. The summed E-state index contributed by atoms with van der Waals surface area (Å²) in [5.41, 5.74) is 8.08. The molecular weight excluding hydrogens is 344 g/mol. The second-order valence-corrected chi connectivity index (χ2v) is 6.97. The van der Waals surface area contributed by atoms with Crippen LogP contribution in [0.25, 0.3) is 0 Å². The van der Waals surface area contributed by atoms with Crippen LogP contribution in [0.15, 0.2) is 59.5 Å². The number of halogens is 1. The van der Waals surface area contributed by atoms with E-state index < -0.39 is 16.8 Å². The van der Waals surface area contributed by atoms with E-state index in [4.69, 9.17) is 5.73 Å². The first kappa shape index (κ1) is 20.4. The highest BCUT2D eigenvalue weighted by atomic mass is 35.5. The van der Waals surface area contributed by atoms with Gasteiger partial charge in [-0.05, 0) is 29.7 Å². The summed E-state index contributed by atoms with van der Waals surface area (Å²) < 4.78 is 11.4. The molecule has 4 nitrogen and oxygen atoms in total. The van der Waals surface area contributed by atoms with Crippen LogP contribution < -0.4 is 5.73 Å². The number of hydrogen-bond acceptors (Lipinski definition) is 3. The second-order valence-electron chi connectivity index (χ2n) is 5.59. The van der Waals surface area contributed by atoms with E-state index in [1.54, 1.807) is 18.2 Å². The molecule has 6 heteroatoms. The number of hydrogen-bond donors (Lipinski definition) is 1. The summed E-state index contributed by atoms with van der Waals surface area (Å²) in [5, 5.41) is 0. The Hall–Kier alpha value is -1.69. The van der Waals surface area contributed by atoms with Gasteiger partial charge in [-0.1, -0.05) is 42.5 Å². The van der Waals surface area contributed by atoms with Gasteiger partial charge in [0.25, 0.3) is 0 Å². The topological polar surface area (TPSA) is 63.4 Å². The Bertz CT molecular complexity index is 677. The van der Waals surface area contributed by atoms with Gasteiger partial charge >= 0.3 is 0 Å². The van der Waals surface area contributed by atoms with E-state index in [9.17, 15) is 9.00 Å². The van der Waals surface area contributed by atoms with Crippen molar-refractivity contribution in [2.75, 3.05) is 13.3 Å². The summed E-state index contributed by atoms with van der Waals surface area (Å²) in [6, 6.07) is 16.6. The molecule has 0 aromatic heterocycles. The average Bonchev–Trinajstić information content (AvgIpc) is 2.55. The molecule has 0 radical (unpaired) electrons. The molecule has 0 saturated heterocycles. The lowest BCUT2D eigenvalue weighted by atomic mass is 10.1. The number of carbonyl (C=O) groups excluding carboxylic acids is 1.